The van der Waals surface area contributed by atoms with Crippen LogP contribution in [-0.2, 0) is 11.3 Å². The van der Waals surface area contributed by atoms with Gasteiger partial charge < -0.3 is 4.90 Å². The molecular formula is C10H12ClN3O. The molecule has 2 rings (SSSR count). The number of nitrogens with zero attached hydrogens (tertiary/aromatic N) is 3. The average molecular weight is 226 g/mol. The van der Waals surface area contributed by atoms with Crippen LogP contribution in [0, 0.1) is 5.92 Å². The number of amides is 1. The largest absolute Gasteiger partial charge is 0.336 e. The lowest BCUT2D eigenvalue weighted by Gasteiger charge is -2.14. The quantitative estimate of drug-likeness (QED) is 0.766. The van der Waals surface area contributed by atoms with Crippen molar-refractivity contribution in [2.24, 2.45) is 5.92 Å². The van der Waals surface area contributed by atoms with Crippen molar-refractivity contribution in [1.82, 2.24) is 15.1 Å². The third kappa shape index (κ3) is 2.45. The van der Waals surface area contributed by atoms with E-state index < -0.39 is 0 Å². The van der Waals surface area contributed by atoms with Crippen LogP contribution in [0.2, 0.25) is 5.15 Å². The number of carbonyl (C=O) groups is 1. The number of hydrogen-bond acceptors (Lipinski definition) is 3. The van der Waals surface area contributed by atoms with Gasteiger partial charge in [0.1, 0.15) is 0 Å². The van der Waals surface area contributed by atoms with Gasteiger partial charge in [0.2, 0.25) is 5.91 Å². The first kappa shape index (κ1) is 10.4. The zero-order valence-corrected chi connectivity index (χ0v) is 9.24. The van der Waals surface area contributed by atoms with Gasteiger partial charge in [0.05, 0.1) is 12.2 Å². The fourth-order valence-corrected chi connectivity index (χ4v) is 1.85. The lowest BCUT2D eigenvalue weighted by atomic mass is 10.2. The number of rotatable bonds is 2. The van der Waals surface area contributed by atoms with Crippen molar-refractivity contribution < 1.29 is 4.79 Å². The topological polar surface area (TPSA) is 46.1 Å². The van der Waals surface area contributed by atoms with Crippen LogP contribution in [0.15, 0.2) is 12.1 Å². The molecule has 1 atom stereocenters. The Kier molecular flexibility index (Phi) is 2.86. The van der Waals surface area contributed by atoms with E-state index in [0.717, 1.165) is 12.2 Å². The second-order valence-electron chi connectivity index (χ2n) is 3.93. The molecular weight excluding hydrogens is 214 g/mol. The minimum Gasteiger partial charge on any atom is -0.336 e. The molecule has 1 saturated heterocycles. The Balaban J connectivity index is 2.03. The fourth-order valence-electron chi connectivity index (χ4n) is 1.75. The number of carbonyl (C=O) groups excluding carboxylic acids is 1. The summed E-state index contributed by atoms with van der Waals surface area (Å²) in [7, 11) is 0. The number of hydrogen-bond donors (Lipinski definition) is 0. The SMILES string of the molecule is CC1CC(=O)N(Cc2ccc(Cl)nn2)C1. The summed E-state index contributed by atoms with van der Waals surface area (Å²) in [5.41, 5.74) is 0.779. The molecule has 1 aliphatic heterocycles. The number of aromatic nitrogens is 2. The van der Waals surface area contributed by atoms with Gasteiger partial charge in [-0.25, -0.2) is 0 Å². The number of halogens is 1. The Bertz CT molecular complexity index is 365. The highest BCUT2D eigenvalue weighted by Crippen LogP contribution is 2.18. The maximum atomic E-state index is 11.5. The molecule has 1 aromatic rings. The summed E-state index contributed by atoms with van der Waals surface area (Å²) in [5, 5.41) is 8.04. The third-order valence-electron chi connectivity index (χ3n) is 2.45. The zero-order chi connectivity index (χ0) is 10.8. The van der Waals surface area contributed by atoms with Crippen LogP contribution in [0.5, 0.6) is 0 Å². The first-order valence-corrected chi connectivity index (χ1v) is 5.29. The Labute approximate surface area is 93.2 Å². The van der Waals surface area contributed by atoms with E-state index in [9.17, 15) is 4.79 Å². The van der Waals surface area contributed by atoms with Crippen molar-refractivity contribution in [1.29, 1.82) is 0 Å². The first-order chi connectivity index (χ1) is 7.15. The molecule has 15 heavy (non-hydrogen) atoms. The highest BCUT2D eigenvalue weighted by Gasteiger charge is 2.26. The van der Waals surface area contributed by atoms with Crippen molar-refractivity contribution in [3.05, 3.63) is 23.0 Å². The van der Waals surface area contributed by atoms with Gasteiger partial charge in [0.25, 0.3) is 0 Å². The van der Waals surface area contributed by atoms with E-state index in [4.69, 9.17) is 11.6 Å². The van der Waals surface area contributed by atoms with Gasteiger partial charge >= 0.3 is 0 Å². The summed E-state index contributed by atoms with van der Waals surface area (Å²) >= 11 is 5.63. The van der Waals surface area contributed by atoms with E-state index in [-0.39, 0.29) is 5.91 Å². The monoisotopic (exact) mass is 225 g/mol. The van der Waals surface area contributed by atoms with Crippen LogP contribution >= 0.6 is 11.6 Å². The molecule has 0 N–H and O–H groups in total. The molecule has 0 spiro atoms. The first-order valence-electron chi connectivity index (χ1n) is 4.91. The fraction of sp³-hybridized carbons (Fsp3) is 0.500. The third-order valence-corrected chi connectivity index (χ3v) is 2.65. The maximum Gasteiger partial charge on any atom is 0.223 e. The summed E-state index contributed by atoms with van der Waals surface area (Å²) < 4.78 is 0. The Morgan fingerprint density at radius 1 is 1.53 bits per heavy atom. The molecule has 0 saturated carbocycles. The smallest absolute Gasteiger partial charge is 0.223 e. The molecule has 4 nitrogen and oxygen atoms in total. The molecule has 1 aromatic heterocycles. The Morgan fingerprint density at radius 3 is 2.87 bits per heavy atom. The van der Waals surface area contributed by atoms with E-state index in [1.54, 1.807) is 12.1 Å². The molecule has 0 bridgehead atoms. The summed E-state index contributed by atoms with van der Waals surface area (Å²) in [4.78, 5) is 13.3. The van der Waals surface area contributed by atoms with Crippen molar-refractivity contribution in [2.75, 3.05) is 6.54 Å². The van der Waals surface area contributed by atoms with E-state index >= 15 is 0 Å². The van der Waals surface area contributed by atoms with Crippen molar-refractivity contribution >= 4 is 17.5 Å². The molecule has 1 unspecified atom stereocenters. The molecule has 1 aliphatic rings. The Hall–Kier alpha value is -1.16. The summed E-state index contributed by atoms with van der Waals surface area (Å²) in [6.45, 7) is 3.42. The van der Waals surface area contributed by atoms with Crippen molar-refractivity contribution in [3.63, 3.8) is 0 Å². The van der Waals surface area contributed by atoms with E-state index in [2.05, 4.69) is 17.1 Å². The average Bonchev–Trinajstić information content (AvgIpc) is 2.49. The van der Waals surface area contributed by atoms with Crippen molar-refractivity contribution in [3.8, 4) is 0 Å². The normalized spacial score (nSPS) is 21.1. The number of likely N-dealkylation sites (tertiary alicyclic amines) is 1. The maximum absolute atomic E-state index is 11.5. The lowest BCUT2D eigenvalue weighted by molar-refractivity contribution is -0.128. The van der Waals surface area contributed by atoms with Crippen molar-refractivity contribution in [2.45, 2.75) is 19.9 Å². The summed E-state index contributed by atoms with van der Waals surface area (Å²) in [6.07, 6.45) is 0.640. The van der Waals surface area contributed by atoms with Crippen LogP contribution in [-0.4, -0.2) is 27.5 Å². The predicted molar refractivity (Wildman–Crippen MR) is 56.2 cm³/mol. The van der Waals surface area contributed by atoms with Crippen LogP contribution in [0.3, 0.4) is 0 Å². The molecule has 0 radical (unpaired) electrons. The lowest BCUT2D eigenvalue weighted by Crippen LogP contribution is -2.25. The standard InChI is InChI=1S/C10H12ClN3O/c1-7-4-10(15)14(5-7)6-8-2-3-9(11)13-12-8/h2-3,7H,4-6H2,1H3. The van der Waals surface area contributed by atoms with E-state index in [0.29, 0.717) is 24.0 Å². The van der Waals surface area contributed by atoms with E-state index in [1.165, 1.54) is 0 Å². The molecule has 5 heteroatoms. The highest BCUT2D eigenvalue weighted by molar-refractivity contribution is 6.29. The van der Waals surface area contributed by atoms with Gasteiger partial charge in [-0.15, -0.1) is 5.10 Å². The second-order valence-corrected chi connectivity index (χ2v) is 4.32. The van der Waals surface area contributed by atoms with Gasteiger partial charge in [-0.1, -0.05) is 18.5 Å². The minimum atomic E-state index is 0.194. The summed E-state index contributed by atoms with van der Waals surface area (Å²) in [6, 6.07) is 3.49. The van der Waals surface area contributed by atoms with Gasteiger partial charge in [-0.3, -0.25) is 4.79 Å². The molecule has 0 aliphatic carbocycles. The van der Waals surface area contributed by atoms with E-state index in [1.807, 2.05) is 4.90 Å². The van der Waals surface area contributed by atoms with Crippen LogP contribution in [0.4, 0.5) is 0 Å². The molecule has 2 heterocycles. The Morgan fingerprint density at radius 2 is 2.33 bits per heavy atom. The molecule has 0 aromatic carbocycles. The van der Waals surface area contributed by atoms with Crippen LogP contribution in [0.25, 0.3) is 0 Å². The van der Waals surface area contributed by atoms with Crippen LogP contribution in [0.1, 0.15) is 19.0 Å². The predicted octanol–water partition coefficient (Wildman–Crippen LogP) is 1.50. The zero-order valence-electron chi connectivity index (χ0n) is 8.48. The highest BCUT2D eigenvalue weighted by atomic mass is 35.5. The molecule has 1 amide bonds. The molecule has 80 valence electrons. The second kappa shape index (κ2) is 4.14. The summed E-state index contributed by atoms with van der Waals surface area (Å²) in [5.74, 6) is 0.636. The van der Waals surface area contributed by atoms with Gasteiger partial charge in [-0.05, 0) is 18.1 Å². The molecule has 1 fully saturated rings. The van der Waals surface area contributed by atoms with Gasteiger partial charge in [-0.2, -0.15) is 5.10 Å². The van der Waals surface area contributed by atoms with Crippen LogP contribution < -0.4 is 0 Å². The van der Waals surface area contributed by atoms with Gasteiger partial charge in [0.15, 0.2) is 5.15 Å². The minimum absolute atomic E-state index is 0.194. The van der Waals surface area contributed by atoms with Gasteiger partial charge in [0, 0.05) is 13.0 Å².